The van der Waals surface area contributed by atoms with Gasteiger partial charge < -0.3 is 5.11 Å². The molecule has 1 spiro atoms. The Labute approximate surface area is 134 Å². The van der Waals surface area contributed by atoms with E-state index in [0.717, 1.165) is 41.4 Å². The molecule has 23 heavy (non-hydrogen) atoms. The molecule has 0 radical (unpaired) electrons. The smallest absolute Gasteiger partial charge is 0.328 e. The van der Waals surface area contributed by atoms with Gasteiger partial charge in [0.1, 0.15) is 0 Å². The average Bonchev–Trinajstić information content (AvgIpc) is 3.30. The van der Waals surface area contributed by atoms with Gasteiger partial charge in [-0.1, -0.05) is 18.2 Å². The van der Waals surface area contributed by atoms with Crippen LogP contribution in [0.15, 0.2) is 47.6 Å². The molecule has 0 unspecified atom stereocenters. The highest BCUT2D eigenvalue weighted by Crippen LogP contribution is 2.56. The van der Waals surface area contributed by atoms with Crippen LogP contribution in [0, 0.1) is 0 Å². The van der Waals surface area contributed by atoms with Crippen molar-refractivity contribution in [2.75, 3.05) is 0 Å². The quantitative estimate of drug-likeness (QED) is 0.872. The number of aliphatic carboxylic acids is 1. The summed E-state index contributed by atoms with van der Waals surface area (Å²) in [5.41, 5.74) is 5.49. The first kappa shape index (κ1) is 13.9. The van der Waals surface area contributed by atoms with Crippen LogP contribution in [0.4, 0.5) is 5.82 Å². The van der Waals surface area contributed by atoms with Gasteiger partial charge in [0, 0.05) is 34.5 Å². The molecule has 1 aromatic carbocycles. The molecule has 1 aliphatic carbocycles. The van der Waals surface area contributed by atoms with Crippen LogP contribution in [0.25, 0.3) is 17.2 Å². The van der Waals surface area contributed by atoms with E-state index in [1.807, 2.05) is 30.5 Å². The molecule has 4 heteroatoms. The third-order valence-corrected chi connectivity index (χ3v) is 4.74. The van der Waals surface area contributed by atoms with Crippen LogP contribution >= 0.6 is 0 Å². The fourth-order valence-electron chi connectivity index (χ4n) is 3.26. The molecular weight excluding hydrogens is 288 g/mol. The molecule has 2 heterocycles. The van der Waals surface area contributed by atoms with Crippen LogP contribution in [0.2, 0.25) is 0 Å². The van der Waals surface area contributed by atoms with Gasteiger partial charge in [-0.15, -0.1) is 0 Å². The van der Waals surface area contributed by atoms with E-state index in [4.69, 9.17) is 5.11 Å². The van der Waals surface area contributed by atoms with Gasteiger partial charge >= 0.3 is 5.97 Å². The lowest BCUT2D eigenvalue weighted by Gasteiger charge is -2.10. The van der Waals surface area contributed by atoms with Gasteiger partial charge in [0.15, 0.2) is 5.82 Å². The predicted molar refractivity (Wildman–Crippen MR) is 90.0 cm³/mol. The molecule has 1 N–H and O–H groups in total. The molecule has 0 bridgehead atoms. The second-order valence-electron chi connectivity index (χ2n) is 6.17. The van der Waals surface area contributed by atoms with E-state index < -0.39 is 5.97 Å². The Morgan fingerprint density at radius 3 is 2.83 bits per heavy atom. The Kier molecular flexibility index (Phi) is 2.94. The molecule has 0 saturated heterocycles. The van der Waals surface area contributed by atoms with Crippen molar-refractivity contribution in [2.45, 2.75) is 25.2 Å². The van der Waals surface area contributed by atoms with E-state index in [1.54, 1.807) is 6.08 Å². The zero-order chi connectivity index (χ0) is 16.0. The molecule has 1 saturated carbocycles. The number of carboxylic acid groups (broad SMARTS) is 1. The Bertz CT molecular complexity index is 877. The summed E-state index contributed by atoms with van der Waals surface area (Å²) in [4.78, 5) is 19.8. The van der Waals surface area contributed by atoms with Crippen molar-refractivity contribution in [1.29, 1.82) is 0 Å². The third-order valence-electron chi connectivity index (χ3n) is 4.74. The van der Waals surface area contributed by atoms with E-state index in [1.165, 1.54) is 11.3 Å². The summed E-state index contributed by atoms with van der Waals surface area (Å²) in [5, 5.41) is 8.75. The Morgan fingerprint density at radius 1 is 1.26 bits per heavy atom. The number of carboxylic acids is 1. The fourth-order valence-corrected chi connectivity index (χ4v) is 3.26. The van der Waals surface area contributed by atoms with Crippen molar-refractivity contribution in [3.8, 4) is 11.1 Å². The van der Waals surface area contributed by atoms with E-state index in [-0.39, 0.29) is 5.41 Å². The van der Waals surface area contributed by atoms with Gasteiger partial charge in [-0.25, -0.2) is 14.8 Å². The van der Waals surface area contributed by atoms with Crippen molar-refractivity contribution < 1.29 is 9.90 Å². The number of benzene rings is 1. The van der Waals surface area contributed by atoms with Gasteiger partial charge in [-0.3, -0.25) is 0 Å². The third kappa shape index (κ3) is 2.27. The lowest BCUT2D eigenvalue weighted by Crippen LogP contribution is -2.12. The molecule has 4 nitrogen and oxygen atoms in total. The van der Waals surface area contributed by atoms with Gasteiger partial charge in [-0.2, -0.15) is 0 Å². The molecule has 1 fully saturated rings. The van der Waals surface area contributed by atoms with Crippen molar-refractivity contribution in [2.24, 2.45) is 4.99 Å². The minimum absolute atomic E-state index is 0.138. The Hall–Kier alpha value is -2.75. The molecule has 2 aromatic rings. The maximum atomic E-state index is 10.7. The number of nitrogens with zero attached hydrogens (tertiary/aromatic N) is 2. The normalized spacial score (nSPS) is 17.3. The van der Waals surface area contributed by atoms with Gasteiger partial charge in [-0.05, 0) is 49.1 Å². The van der Waals surface area contributed by atoms with Crippen molar-refractivity contribution >= 4 is 23.6 Å². The van der Waals surface area contributed by atoms with Gasteiger partial charge in [0.25, 0.3) is 0 Å². The van der Waals surface area contributed by atoms with E-state index >= 15 is 0 Å². The number of pyridine rings is 1. The summed E-state index contributed by atoms with van der Waals surface area (Å²) in [6, 6.07) is 10.0. The highest BCUT2D eigenvalue weighted by atomic mass is 16.4. The zero-order valence-corrected chi connectivity index (χ0v) is 12.8. The number of carbonyl (C=O) groups is 1. The highest BCUT2D eigenvalue weighted by Gasteiger charge is 2.51. The minimum Gasteiger partial charge on any atom is -0.478 e. The van der Waals surface area contributed by atoms with Crippen LogP contribution in [0.1, 0.15) is 30.9 Å². The Morgan fingerprint density at radius 2 is 2.09 bits per heavy atom. The topological polar surface area (TPSA) is 62.5 Å². The molecule has 0 amide bonds. The molecule has 4 rings (SSSR count). The summed E-state index contributed by atoms with van der Waals surface area (Å²) in [6.45, 7) is 2.09. The molecule has 2 aliphatic rings. The van der Waals surface area contributed by atoms with E-state index in [0.29, 0.717) is 0 Å². The number of aliphatic imine (C=N–C) groups is 1. The Balaban J connectivity index is 1.72. The fraction of sp³-hybridized carbons (Fsp3) is 0.211. The minimum atomic E-state index is -0.946. The molecule has 114 valence electrons. The number of aromatic nitrogens is 1. The molecular formula is C19H16N2O2. The SMILES string of the molecule is CC1=Nc2ncc(-c3cccc(C=CC(=O)O)c3)cc2C12CC2. The maximum Gasteiger partial charge on any atom is 0.328 e. The first-order chi connectivity index (χ1) is 11.1. The van der Waals surface area contributed by atoms with E-state index in [2.05, 4.69) is 23.0 Å². The number of hydrogen-bond acceptors (Lipinski definition) is 3. The largest absolute Gasteiger partial charge is 0.478 e. The average molecular weight is 304 g/mol. The van der Waals surface area contributed by atoms with Crippen molar-refractivity contribution in [3.63, 3.8) is 0 Å². The van der Waals surface area contributed by atoms with Crippen LogP contribution in [0.5, 0.6) is 0 Å². The number of fused-ring (bicyclic) bond motifs is 2. The number of rotatable bonds is 3. The molecule has 1 aromatic heterocycles. The summed E-state index contributed by atoms with van der Waals surface area (Å²) in [6.07, 6.45) is 6.90. The summed E-state index contributed by atoms with van der Waals surface area (Å²) in [7, 11) is 0. The summed E-state index contributed by atoms with van der Waals surface area (Å²) >= 11 is 0. The van der Waals surface area contributed by atoms with E-state index in [9.17, 15) is 4.79 Å². The lowest BCUT2D eigenvalue weighted by molar-refractivity contribution is -0.131. The summed E-state index contributed by atoms with van der Waals surface area (Å²) in [5.74, 6) is -0.0939. The van der Waals surface area contributed by atoms with Crippen LogP contribution < -0.4 is 0 Å². The molecule has 0 atom stereocenters. The van der Waals surface area contributed by atoms with Crippen molar-refractivity contribution in [1.82, 2.24) is 4.98 Å². The number of hydrogen-bond donors (Lipinski definition) is 1. The zero-order valence-electron chi connectivity index (χ0n) is 12.8. The first-order valence-corrected chi connectivity index (χ1v) is 7.66. The first-order valence-electron chi connectivity index (χ1n) is 7.66. The van der Waals surface area contributed by atoms with Crippen molar-refractivity contribution in [3.05, 3.63) is 53.7 Å². The monoisotopic (exact) mass is 304 g/mol. The van der Waals surface area contributed by atoms with Gasteiger partial charge in [0.2, 0.25) is 0 Å². The second kappa shape index (κ2) is 4.88. The maximum absolute atomic E-state index is 10.7. The van der Waals surface area contributed by atoms with Crippen LogP contribution in [-0.2, 0) is 10.2 Å². The lowest BCUT2D eigenvalue weighted by atomic mass is 9.92. The van der Waals surface area contributed by atoms with Crippen LogP contribution in [0.3, 0.4) is 0 Å². The molecule has 1 aliphatic heterocycles. The van der Waals surface area contributed by atoms with Gasteiger partial charge in [0.05, 0.1) is 0 Å². The predicted octanol–water partition coefficient (Wildman–Crippen LogP) is 3.98. The van der Waals surface area contributed by atoms with Crippen LogP contribution in [-0.4, -0.2) is 21.8 Å². The highest BCUT2D eigenvalue weighted by molar-refractivity contribution is 6.02. The standard InChI is InChI=1S/C19H16N2O2/c1-12-19(7-8-19)16-10-15(11-20-18(16)21-12)14-4-2-3-13(9-14)5-6-17(22)23/h2-6,9-11H,7-8H2,1H3,(H,22,23). The summed E-state index contributed by atoms with van der Waals surface area (Å²) < 4.78 is 0. The second-order valence-corrected chi connectivity index (χ2v) is 6.17.